The molecule has 0 unspecified atom stereocenters. The number of benzene rings is 1. The van der Waals surface area contributed by atoms with Crippen molar-refractivity contribution in [2.75, 3.05) is 18.1 Å². The van der Waals surface area contributed by atoms with E-state index in [1.807, 2.05) is 0 Å². The number of hydrogen-bond donors (Lipinski definition) is 2. The van der Waals surface area contributed by atoms with Crippen LogP contribution in [0.3, 0.4) is 0 Å². The minimum atomic E-state index is -0.824. The zero-order chi connectivity index (χ0) is 17.3. The van der Waals surface area contributed by atoms with Gasteiger partial charge in [-0.2, -0.15) is 0 Å². The summed E-state index contributed by atoms with van der Waals surface area (Å²) in [7, 11) is 0. The summed E-state index contributed by atoms with van der Waals surface area (Å²) >= 11 is 3.34. The Morgan fingerprint density at radius 2 is 2.17 bits per heavy atom. The van der Waals surface area contributed by atoms with Gasteiger partial charge in [-0.3, -0.25) is 19.3 Å². The predicted octanol–water partition coefficient (Wildman–Crippen LogP) is 1.54. The summed E-state index contributed by atoms with van der Waals surface area (Å²) in [6.07, 6.45) is 1.64. The third kappa shape index (κ3) is 3.53. The number of ether oxygens (including phenoxy) is 1. The molecule has 2 amide bonds. The second kappa shape index (κ2) is 6.80. The average molecular weight is 397 g/mol. The summed E-state index contributed by atoms with van der Waals surface area (Å²) in [4.78, 5) is 36.7. The number of fused-ring (bicyclic) bond motifs is 1. The molecule has 2 atom stereocenters. The Hall–Kier alpha value is -2.09. The van der Waals surface area contributed by atoms with Crippen LogP contribution in [-0.2, 0) is 14.4 Å². The summed E-state index contributed by atoms with van der Waals surface area (Å²) < 4.78 is 6.21. The summed E-state index contributed by atoms with van der Waals surface area (Å²) in [6, 6.07) is 5.10. The second-order valence-electron chi connectivity index (χ2n) is 5.99. The molecule has 1 fully saturated rings. The SMILES string of the molecule is O=C(CN1C(=O)COc2cc(Br)ccc21)N[C@@H]1CC[C@H](C(=O)O)C1. The van der Waals surface area contributed by atoms with Gasteiger partial charge in [-0.05, 0) is 37.5 Å². The minimum Gasteiger partial charge on any atom is -0.482 e. The molecule has 0 aromatic heterocycles. The lowest BCUT2D eigenvalue weighted by molar-refractivity contribution is -0.141. The Kier molecular flexibility index (Phi) is 4.75. The number of hydrogen-bond acceptors (Lipinski definition) is 4. The monoisotopic (exact) mass is 396 g/mol. The van der Waals surface area contributed by atoms with Gasteiger partial charge in [-0.1, -0.05) is 15.9 Å². The van der Waals surface area contributed by atoms with Crippen LogP contribution in [-0.4, -0.2) is 42.1 Å². The molecule has 2 aliphatic rings. The lowest BCUT2D eigenvalue weighted by Crippen LogP contribution is -2.47. The highest BCUT2D eigenvalue weighted by molar-refractivity contribution is 9.10. The molecule has 1 aromatic rings. The molecule has 1 aliphatic heterocycles. The predicted molar refractivity (Wildman–Crippen MR) is 88.9 cm³/mol. The maximum absolute atomic E-state index is 12.3. The highest BCUT2D eigenvalue weighted by atomic mass is 79.9. The molecule has 8 heteroatoms. The Balaban J connectivity index is 1.64. The molecule has 0 bridgehead atoms. The molecular weight excluding hydrogens is 380 g/mol. The van der Waals surface area contributed by atoms with E-state index in [1.54, 1.807) is 18.2 Å². The number of rotatable bonds is 4. The number of carboxylic acid groups (broad SMARTS) is 1. The van der Waals surface area contributed by atoms with Gasteiger partial charge in [0.1, 0.15) is 12.3 Å². The quantitative estimate of drug-likeness (QED) is 0.804. The van der Waals surface area contributed by atoms with Crippen molar-refractivity contribution in [1.29, 1.82) is 0 Å². The van der Waals surface area contributed by atoms with Gasteiger partial charge < -0.3 is 15.2 Å². The van der Waals surface area contributed by atoms with E-state index in [9.17, 15) is 14.4 Å². The normalized spacial score (nSPS) is 22.7. The van der Waals surface area contributed by atoms with E-state index in [0.717, 1.165) is 4.47 Å². The van der Waals surface area contributed by atoms with Crippen LogP contribution in [0.5, 0.6) is 5.75 Å². The van der Waals surface area contributed by atoms with Gasteiger partial charge in [-0.25, -0.2) is 0 Å². The smallest absolute Gasteiger partial charge is 0.306 e. The number of anilines is 1. The van der Waals surface area contributed by atoms with Crippen molar-refractivity contribution in [3.8, 4) is 5.75 Å². The van der Waals surface area contributed by atoms with Crippen molar-refractivity contribution in [2.24, 2.45) is 5.92 Å². The lowest BCUT2D eigenvalue weighted by atomic mass is 10.1. The van der Waals surface area contributed by atoms with Gasteiger partial charge in [0.2, 0.25) is 5.91 Å². The van der Waals surface area contributed by atoms with Crippen LogP contribution in [0.4, 0.5) is 5.69 Å². The molecule has 0 saturated heterocycles. The molecule has 3 rings (SSSR count). The topological polar surface area (TPSA) is 95.9 Å². The third-order valence-corrected chi connectivity index (χ3v) is 4.81. The highest BCUT2D eigenvalue weighted by Crippen LogP contribution is 2.34. The lowest BCUT2D eigenvalue weighted by Gasteiger charge is -2.29. The number of carbonyl (C=O) groups excluding carboxylic acids is 2. The molecule has 1 saturated carbocycles. The molecule has 1 aliphatic carbocycles. The maximum atomic E-state index is 12.3. The van der Waals surface area contributed by atoms with Crippen molar-refractivity contribution in [3.05, 3.63) is 22.7 Å². The first-order valence-electron chi connectivity index (χ1n) is 7.69. The van der Waals surface area contributed by atoms with Crippen LogP contribution in [0.2, 0.25) is 0 Å². The number of nitrogens with zero attached hydrogens (tertiary/aromatic N) is 1. The summed E-state index contributed by atoms with van der Waals surface area (Å²) in [6.45, 7) is -0.216. The summed E-state index contributed by atoms with van der Waals surface area (Å²) in [5.41, 5.74) is 0.555. The van der Waals surface area contributed by atoms with Gasteiger partial charge in [0.25, 0.3) is 5.91 Å². The Bertz CT molecular complexity index is 693. The fourth-order valence-electron chi connectivity index (χ4n) is 3.11. The molecule has 1 aromatic carbocycles. The van der Waals surface area contributed by atoms with Crippen molar-refractivity contribution in [2.45, 2.75) is 25.3 Å². The number of aliphatic carboxylic acids is 1. The zero-order valence-electron chi connectivity index (χ0n) is 12.8. The molecule has 1 heterocycles. The standard InChI is InChI=1S/C16H17BrN2O5/c17-10-2-4-12-13(6-10)24-8-15(21)19(12)7-14(20)18-11-3-1-9(5-11)16(22)23/h2,4,6,9,11H,1,3,5,7-8H2,(H,18,20)(H,22,23)/t9-,11+/m0/s1. The molecule has 7 nitrogen and oxygen atoms in total. The first kappa shape index (κ1) is 16.8. The van der Waals surface area contributed by atoms with E-state index in [0.29, 0.717) is 30.7 Å². The number of carbonyl (C=O) groups is 3. The molecule has 0 spiro atoms. The highest BCUT2D eigenvalue weighted by Gasteiger charge is 2.32. The minimum absolute atomic E-state index is 0.106. The van der Waals surface area contributed by atoms with Crippen LogP contribution in [0.1, 0.15) is 19.3 Å². The first-order valence-corrected chi connectivity index (χ1v) is 8.48. The van der Waals surface area contributed by atoms with Gasteiger partial charge in [0, 0.05) is 10.5 Å². The molecule has 128 valence electrons. The van der Waals surface area contributed by atoms with E-state index >= 15 is 0 Å². The molecule has 24 heavy (non-hydrogen) atoms. The van der Waals surface area contributed by atoms with Gasteiger partial charge in [0.15, 0.2) is 6.61 Å². The van der Waals surface area contributed by atoms with Crippen LogP contribution < -0.4 is 15.0 Å². The van der Waals surface area contributed by atoms with E-state index in [1.165, 1.54) is 4.90 Å². The number of halogens is 1. The Morgan fingerprint density at radius 3 is 2.88 bits per heavy atom. The molecule has 2 N–H and O–H groups in total. The number of nitrogens with one attached hydrogen (secondary N) is 1. The average Bonchev–Trinajstić information content (AvgIpc) is 2.99. The third-order valence-electron chi connectivity index (χ3n) is 4.31. The van der Waals surface area contributed by atoms with Gasteiger partial charge in [0.05, 0.1) is 11.6 Å². The molecular formula is C16H17BrN2O5. The number of amides is 2. The maximum Gasteiger partial charge on any atom is 0.306 e. The Labute approximate surface area is 147 Å². The zero-order valence-corrected chi connectivity index (χ0v) is 14.4. The van der Waals surface area contributed by atoms with Crippen LogP contribution in [0, 0.1) is 5.92 Å². The second-order valence-corrected chi connectivity index (χ2v) is 6.91. The van der Waals surface area contributed by atoms with Crippen LogP contribution in [0.25, 0.3) is 0 Å². The fraction of sp³-hybridized carbons (Fsp3) is 0.438. The van der Waals surface area contributed by atoms with Gasteiger partial charge in [-0.15, -0.1) is 0 Å². The molecule has 0 radical (unpaired) electrons. The van der Waals surface area contributed by atoms with E-state index < -0.39 is 11.9 Å². The van der Waals surface area contributed by atoms with Crippen LogP contribution >= 0.6 is 15.9 Å². The number of carboxylic acids is 1. The van der Waals surface area contributed by atoms with E-state index in [2.05, 4.69) is 21.2 Å². The van der Waals surface area contributed by atoms with Crippen molar-refractivity contribution < 1.29 is 24.2 Å². The fourth-order valence-corrected chi connectivity index (χ4v) is 3.45. The Morgan fingerprint density at radius 1 is 1.38 bits per heavy atom. The van der Waals surface area contributed by atoms with Gasteiger partial charge >= 0.3 is 5.97 Å². The largest absolute Gasteiger partial charge is 0.482 e. The summed E-state index contributed by atoms with van der Waals surface area (Å²) in [5, 5.41) is 11.8. The van der Waals surface area contributed by atoms with Crippen molar-refractivity contribution >= 4 is 39.4 Å². The van der Waals surface area contributed by atoms with E-state index in [-0.39, 0.29) is 31.0 Å². The van der Waals surface area contributed by atoms with Crippen molar-refractivity contribution in [3.63, 3.8) is 0 Å². The van der Waals surface area contributed by atoms with Crippen LogP contribution in [0.15, 0.2) is 22.7 Å². The van der Waals surface area contributed by atoms with E-state index in [4.69, 9.17) is 9.84 Å². The first-order chi connectivity index (χ1) is 11.4. The summed E-state index contributed by atoms with van der Waals surface area (Å²) in [5.74, 6) is -1.26. The van der Waals surface area contributed by atoms with Crippen molar-refractivity contribution in [1.82, 2.24) is 5.32 Å².